The Balaban J connectivity index is 1.41. The van der Waals surface area contributed by atoms with Crippen molar-refractivity contribution < 1.29 is 29.3 Å². The fourth-order valence-corrected chi connectivity index (χ4v) is 6.37. The lowest BCUT2D eigenvalue weighted by atomic mass is 9.86. The monoisotopic (exact) mass is 693 g/mol. The second-order valence-electron chi connectivity index (χ2n) is 14.1. The number of aliphatic hydroxyl groups is 2. The van der Waals surface area contributed by atoms with E-state index < -0.39 is 47.1 Å². The van der Waals surface area contributed by atoms with Crippen LogP contribution >= 0.6 is 0 Å². The van der Waals surface area contributed by atoms with Gasteiger partial charge in [-0.25, -0.2) is 9.80 Å². The summed E-state index contributed by atoms with van der Waals surface area (Å²) < 4.78 is 4.79. The molecule has 0 radical (unpaired) electrons. The first-order valence-electron chi connectivity index (χ1n) is 17.1. The molecule has 1 heterocycles. The van der Waals surface area contributed by atoms with Crippen LogP contribution in [0.3, 0.4) is 0 Å². The molecule has 4 aromatic rings. The molecule has 0 aliphatic heterocycles. The molecule has 3 aromatic carbocycles. The normalized spacial score (nSPS) is 17.2. The molecule has 5 rings (SSSR count). The van der Waals surface area contributed by atoms with E-state index in [-0.39, 0.29) is 25.9 Å². The smallest absolute Gasteiger partial charge is 0.407 e. The van der Waals surface area contributed by atoms with Crippen molar-refractivity contribution in [3.63, 3.8) is 0 Å². The molecule has 0 spiro atoms. The number of carbonyl (C=O) groups is 3. The number of hydrazine groups is 1. The molecule has 0 unspecified atom stereocenters. The molecule has 5 N–H and O–H groups in total. The molecule has 1 aliphatic carbocycles. The van der Waals surface area contributed by atoms with Crippen molar-refractivity contribution in [1.29, 1.82) is 0 Å². The predicted octanol–water partition coefficient (Wildman–Crippen LogP) is 4.49. The molecule has 1 aromatic heterocycles. The third kappa shape index (κ3) is 9.57. The molecule has 4 atom stereocenters. The number of methoxy groups -OCH3 is 1. The summed E-state index contributed by atoms with van der Waals surface area (Å²) in [6.07, 6.45) is 2.20. The third-order valence-corrected chi connectivity index (χ3v) is 9.23. The summed E-state index contributed by atoms with van der Waals surface area (Å²) in [7, 11) is 1.23. The van der Waals surface area contributed by atoms with Gasteiger partial charge in [0.25, 0.3) is 11.8 Å². The standard InChI is InChI=1S/C40H47N5O6/c1-39(2,3)35(43-38(49)51-4)36(47)44-45(26-28-14-16-29(17-15-28)30-18-21-41-22-19-30)23-20-40(50,25-27-10-6-5-7-11-27)37(48)42-34-32-13-9-8-12-31(32)24-33(34)46/h5-19,21-22,33-35,46,50H,20,23-26H2,1-4H3,(H,42,48)(H,43,49)(H,44,47)/t33-,34+,35-,40-/m1/s1. The SMILES string of the molecule is COC(=O)N[C@H](C(=O)NN(CC[C@@](O)(Cc1ccccc1)C(=O)N[C@H]1c2ccccc2C[C@H]1O)Cc1ccc(-c2ccncc2)cc1)C(C)(C)C. The highest BCUT2D eigenvalue weighted by Crippen LogP contribution is 2.32. The van der Waals surface area contributed by atoms with Crippen LogP contribution in [0.25, 0.3) is 11.1 Å². The third-order valence-electron chi connectivity index (χ3n) is 9.23. The Labute approximate surface area is 299 Å². The number of amides is 3. The van der Waals surface area contributed by atoms with Crippen molar-refractivity contribution >= 4 is 17.9 Å². The Morgan fingerprint density at radius 2 is 1.55 bits per heavy atom. The second-order valence-corrected chi connectivity index (χ2v) is 14.1. The van der Waals surface area contributed by atoms with Crippen LogP contribution in [0.1, 0.15) is 55.5 Å². The van der Waals surface area contributed by atoms with E-state index in [4.69, 9.17) is 4.74 Å². The predicted molar refractivity (Wildman–Crippen MR) is 194 cm³/mol. The Morgan fingerprint density at radius 1 is 0.902 bits per heavy atom. The van der Waals surface area contributed by atoms with Gasteiger partial charge in [0.2, 0.25) is 0 Å². The van der Waals surface area contributed by atoms with Gasteiger partial charge in [-0.15, -0.1) is 0 Å². The number of ether oxygens (including phenoxy) is 1. The molecular weight excluding hydrogens is 646 g/mol. The zero-order valence-corrected chi connectivity index (χ0v) is 29.5. The highest BCUT2D eigenvalue weighted by Gasteiger charge is 2.41. The average molecular weight is 694 g/mol. The summed E-state index contributed by atoms with van der Waals surface area (Å²) in [6.45, 7) is 5.78. The van der Waals surface area contributed by atoms with Gasteiger partial charge in [0.05, 0.1) is 19.3 Å². The zero-order valence-electron chi connectivity index (χ0n) is 29.5. The van der Waals surface area contributed by atoms with Gasteiger partial charge in [0, 0.05) is 44.7 Å². The second kappa shape index (κ2) is 16.3. The van der Waals surface area contributed by atoms with Crippen LogP contribution in [0.2, 0.25) is 0 Å². The Morgan fingerprint density at radius 3 is 2.22 bits per heavy atom. The van der Waals surface area contributed by atoms with E-state index in [9.17, 15) is 24.6 Å². The molecule has 268 valence electrons. The maximum atomic E-state index is 14.1. The van der Waals surface area contributed by atoms with Crippen LogP contribution in [0, 0.1) is 5.41 Å². The quantitative estimate of drug-likeness (QED) is 0.129. The Bertz CT molecular complexity index is 1780. The van der Waals surface area contributed by atoms with Crippen LogP contribution in [0.4, 0.5) is 4.79 Å². The number of fused-ring (bicyclic) bond motifs is 1. The largest absolute Gasteiger partial charge is 0.453 e. The van der Waals surface area contributed by atoms with Crippen LogP contribution < -0.4 is 16.1 Å². The minimum absolute atomic E-state index is 0.00106. The minimum atomic E-state index is -1.92. The van der Waals surface area contributed by atoms with E-state index >= 15 is 0 Å². The minimum Gasteiger partial charge on any atom is -0.453 e. The van der Waals surface area contributed by atoms with Crippen molar-refractivity contribution in [2.75, 3.05) is 13.7 Å². The molecular formula is C40H47N5O6. The number of benzene rings is 3. The molecule has 0 bridgehead atoms. The molecule has 11 heteroatoms. The number of hydrogen-bond donors (Lipinski definition) is 5. The van der Waals surface area contributed by atoms with Crippen LogP contribution in [0.15, 0.2) is 103 Å². The van der Waals surface area contributed by atoms with Crippen molar-refractivity contribution in [3.05, 3.63) is 126 Å². The number of alkyl carbamates (subject to hydrolysis) is 1. The van der Waals surface area contributed by atoms with Gasteiger partial charge in [0.1, 0.15) is 11.6 Å². The van der Waals surface area contributed by atoms with Gasteiger partial charge in [0.15, 0.2) is 0 Å². The van der Waals surface area contributed by atoms with E-state index in [0.29, 0.717) is 6.42 Å². The maximum Gasteiger partial charge on any atom is 0.407 e. The first-order chi connectivity index (χ1) is 24.4. The molecule has 11 nitrogen and oxygen atoms in total. The molecule has 0 saturated carbocycles. The number of rotatable bonds is 13. The lowest BCUT2D eigenvalue weighted by Gasteiger charge is -2.35. The molecule has 0 saturated heterocycles. The summed E-state index contributed by atoms with van der Waals surface area (Å²) in [5.74, 6) is -1.11. The highest BCUT2D eigenvalue weighted by atomic mass is 16.5. The van der Waals surface area contributed by atoms with E-state index in [1.807, 2.05) is 112 Å². The van der Waals surface area contributed by atoms with Gasteiger partial charge < -0.3 is 25.6 Å². The summed E-state index contributed by atoms with van der Waals surface area (Å²) in [5, 5.41) is 30.3. The van der Waals surface area contributed by atoms with Crippen LogP contribution in [-0.4, -0.2) is 69.5 Å². The number of nitrogens with zero attached hydrogens (tertiary/aromatic N) is 2. The maximum absolute atomic E-state index is 14.1. The van der Waals surface area contributed by atoms with Gasteiger partial charge in [-0.1, -0.05) is 99.6 Å². The van der Waals surface area contributed by atoms with Crippen molar-refractivity contribution in [2.45, 2.75) is 70.4 Å². The number of aromatic nitrogens is 1. The average Bonchev–Trinajstić information content (AvgIpc) is 3.44. The van der Waals surface area contributed by atoms with E-state index in [1.165, 1.54) is 7.11 Å². The van der Waals surface area contributed by atoms with E-state index in [1.54, 1.807) is 17.4 Å². The molecule has 3 amide bonds. The fraction of sp³-hybridized carbons (Fsp3) is 0.350. The number of hydrogen-bond acceptors (Lipinski definition) is 8. The molecule has 51 heavy (non-hydrogen) atoms. The number of aliphatic hydroxyl groups excluding tert-OH is 1. The summed E-state index contributed by atoms with van der Waals surface area (Å²) in [4.78, 5) is 44.2. The number of pyridine rings is 1. The Kier molecular flexibility index (Phi) is 11.9. The van der Waals surface area contributed by atoms with Crippen molar-refractivity contribution in [3.8, 4) is 11.1 Å². The molecule has 0 fully saturated rings. The highest BCUT2D eigenvalue weighted by molar-refractivity contribution is 5.87. The Hall–Kier alpha value is -5.10. The van der Waals surface area contributed by atoms with Gasteiger partial charge in [-0.05, 0) is 50.9 Å². The van der Waals surface area contributed by atoms with E-state index in [0.717, 1.165) is 33.4 Å². The van der Waals surface area contributed by atoms with Crippen LogP contribution in [0.5, 0.6) is 0 Å². The zero-order chi connectivity index (χ0) is 36.6. The first kappa shape index (κ1) is 37.2. The van der Waals surface area contributed by atoms with Gasteiger partial charge in [-0.3, -0.25) is 20.0 Å². The van der Waals surface area contributed by atoms with Gasteiger partial charge in [-0.2, -0.15) is 0 Å². The van der Waals surface area contributed by atoms with Crippen molar-refractivity contribution in [2.24, 2.45) is 5.41 Å². The topological polar surface area (TPSA) is 153 Å². The summed E-state index contributed by atoms with van der Waals surface area (Å²) >= 11 is 0. The number of carbonyl (C=O) groups excluding carboxylic acids is 3. The van der Waals surface area contributed by atoms with Crippen LogP contribution in [-0.2, 0) is 33.7 Å². The first-order valence-corrected chi connectivity index (χ1v) is 17.1. The fourth-order valence-electron chi connectivity index (χ4n) is 6.37. The van der Waals surface area contributed by atoms with Crippen molar-refractivity contribution in [1.82, 2.24) is 26.1 Å². The summed E-state index contributed by atoms with van der Waals surface area (Å²) in [6, 6.07) is 26.8. The molecule has 1 aliphatic rings. The summed E-state index contributed by atoms with van der Waals surface area (Å²) in [5.41, 5.74) is 5.74. The van der Waals surface area contributed by atoms with E-state index in [2.05, 4.69) is 21.0 Å². The number of nitrogens with one attached hydrogen (secondary N) is 3. The van der Waals surface area contributed by atoms with Gasteiger partial charge >= 0.3 is 6.09 Å². The lowest BCUT2D eigenvalue weighted by molar-refractivity contribution is -0.143. The lowest BCUT2D eigenvalue weighted by Crippen LogP contribution is -2.58.